The van der Waals surface area contributed by atoms with Crippen molar-refractivity contribution in [2.45, 2.75) is 26.3 Å². The SMILES string of the molecule is CCc1nc(Cl)cc(NC(C)c2ccccc2F)n1. The van der Waals surface area contributed by atoms with E-state index in [0.717, 1.165) is 0 Å². The van der Waals surface area contributed by atoms with Crippen molar-refractivity contribution in [1.82, 2.24) is 9.97 Å². The number of aryl methyl sites for hydroxylation is 1. The lowest BCUT2D eigenvalue weighted by atomic mass is 10.1. The molecule has 1 atom stereocenters. The summed E-state index contributed by atoms with van der Waals surface area (Å²) in [6.07, 6.45) is 0.698. The third kappa shape index (κ3) is 3.41. The lowest BCUT2D eigenvalue weighted by Gasteiger charge is -2.16. The smallest absolute Gasteiger partial charge is 0.134 e. The predicted molar refractivity (Wildman–Crippen MR) is 74.9 cm³/mol. The molecule has 0 bridgehead atoms. The third-order valence-corrected chi connectivity index (χ3v) is 2.99. The van der Waals surface area contributed by atoms with Crippen LogP contribution in [0.2, 0.25) is 5.15 Å². The number of hydrogen-bond donors (Lipinski definition) is 1. The molecule has 1 heterocycles. The molecule has 2 rings (SSSR count). The van der Waals surface area contributed by atoms with Crippen LogP contribution in [0.25, 0.3) is 0 Å². The van der Waals surface area contributed by atoms with E-state index < -0.39 is 0 Å². The van der Waals surface area contributed by atoms with Crippen LogP contribution in [-0.4, -0.2) is 9.97 Å². The standard InChI is InChI=1S/C14H15ClFN3/c1-3-13-18-12(15)8-14(19-13)17-9(2)10-6-4-5-7-11(10)16/h4-9H,3H2,1-2H3,(H,17,18,19). The van der Waals surface area contributed by atoms with Gasteiger partial charge in [-0.3, -0.25) is 0 Å². The molecule has 0 aliphatic carbocycles. The molecule has 1 unspecified atom stereocenters. The number of aromatic nitrogens is 2. The van der Waals surface area contributed by atoms with E-state index in [0.29, 0.717) is 28.8 Å². The van der Waals surface area contributed by atoms with Crippen molar-refractivity contribution < 1.29 is 4.39 Å². The van der Waals surface area contributed by atoms with Crippen molar-refractivity contribution >= 4 is 17.4 Å². The van der Waals surface area contributed by atoms with E-state index in [1.807, 2.05) is 13.8 Å². The Balaban J connectivity index is 2.21. The second kappa shape index (κ2) is 5.97. The van der Waals surface area contributed by atoms with E-state index in [4.69, 9.17) is 11.6 Å². The Hall–Kier alpha value is -1.68. The van der Waals surface area contributed by atoms with Crippen LogP contribution in [0, 0.1) is 5.82 Å². The molecule has 5 heteroatoms. The zero-order valence-electron chi connectivity index (χ0n) is 10.8. The molecule has 1 aromatic heterocycles. The average molecular weight is 280 g/mol. The van der Waals surface area contributed by atoms with Gasteiger partial charge in [-0.25, -0.2) is 14.4 Å². The Kier molecular flexibility index (Phi) is 4.32. The molecule has 0 saturated heterocycles. The van der Waals surface area contributed by atoms with Crippen LogP contribution in [0.1, 0.15) is 31.3 Å². The summed E-state index contributed by atoms with van der Waals surface area (Å²) in [7, 11) is 0. The fraction of sp³-hybridized carbons (Fsp3) is 0.286. The van der Waals surface area contributed by atoms with E-state index in [-0.39, 0.29) is 11.9 Å². The van der Waals surface area contributed by atoms with Crippen molar-refractivity contribution in [3.63, 3.8) is 0 Å². The van der Waals surface area contributed by atoms with Crippen LogP contribution in [0.15, 0.2) is 30.3 Å². The van der Waals surface area contributed by atoms with E-state index >= 15 is 0 Å². The zero-order chi connectivity index (χ0) is 13.8. The van der Waals surface area contributed by atoms with Gasteiger partial charge >= 0.3 is 0 Å². The molecule has 0 amide bonds. The normalized spacial score (nSPS) is 12.2. The second-order valence-electron chi connectivity index (χ2n) is 4.23. The fourth-order valence-corrected chi connectivity index (χ4v) is 2.02. The summed E-state index contributed by atoms with van der Waals surface area (Å²) in [4.78, 5) is 8.41. The minimum atomic E-state index is -0.238. The van der Waals surface area contributed by atoms with Gasteiger partial charge in [0.2, 0.25) is 0 Å². The molecule has 0 saturated carbocycles. The number of hydrogen-bond acceptors (Lipinski definition) is 3. The van der Waals surface area contributed by atoms with Gasteiger partial charge < -0.3 is 5.32 Å². The van der Waals surface area contributed by atoms with Crippen LogP contribution in [-0.2, 0) is 6.42 Å². The first kappa shape index (κ1) is 13.7. The Morgan fingerprint density at radius 1 is 1.32 bits per heavy atom. The van der Waals surface area contributed by atoms with Gasteiger partial charge in [0.1, 0.15) is 22.6 Å². The summed E-state index contributed by atoms with van der Waals surface area (Å²) in [6, 6.07) is 8.10. The van der Waals surface area contributed by atoms with Crippen molar-refractivity contribution in [3.05, 3.63) is 52.7 Å². The summed E-state index contributed by atoms with van der Waals surface area (Å²) < 4.78 is 13.7. The second-order valence-corrected chi connectivity index (χ2v) is 4.62. The lowest BCUT2D eigenvalue weighted by molar-refractivity contribution is 0.600. The highest BCUT2D eigenvalue weighted by atomic mass is 35.5. The molecule has 100 valence electrons. The van der Waals surface area contributed by atoms with Gasteiger partial charge in [-0.15, -0.1) is 0 Å². The zero-order valence-corrected chi connectivity index (χ0v) is 11.6. The molecule has 19 heavy (non-hydrogen) atoms. The van der Waals surface area contributed by atoms with Crippen LogP contribution in [0.4, 0.5) is 10.2 Å². The Labute approximate surface area is 116 Å². The summed E-state index contributed by atoms with van der Waals surface area (Å²) in [5, 5.41) is 3.52. The van der Waals surface area contributed by atoms with Crippen LogP contribution >= 0.6 is 11.6 Å². The summed E-state index contributed by atoms with van der Waals surface area (Å²) in [5.41, 5.74) is 0.593. The molecule has 0 spiro atoms. The van der Waals surface area contributed by atoms with Crippen molar-refractivity contribution in [3.8, 4) is 0 Å². The molecule has 0 radical (unpaired) electrons. The summed E-state index contributed by atoms with van der Waals surface area (Å²) >= 11 is 5.92. The van der Waals surface area contributed by atoms with Crippen LogP contribution in [0.3, 0.4) is 0 Å². The van der Waals surface area contributed by atoms with E-state index in [1.54, 1.807) is 24.3 Å². The number of rotatable bonds is 4. The van der Waals surface area contributed by atoms with E-state index in [2.05, 4.69) is 15.3 Å². The maximum atomic E-state index is 13.7. The highest BCUT2D eigenvalue weighted by molar-refractivity contribution is 6.29. The van der Waals surface area contributed by atoms with Crippen molar-refractivity contribution in [2.24, 2.45) is 0 Å². The van der Waals surface area contributed by atoms with Crippen molar-refractivity contribution in [2.75, 3.05) is 5.32 Å². The number of anilines is 1. The number of nitrogens with zero attached hydrogens (tertiary/aromatic N) is 2. The van der Waals surface area contributed by atoms with Gasteiger partial charge in [-0.2, -0.15) is 0 Å². The maximum absolute atomic E-state index is 13.7. The number of benzene rings is 1. The molecular formula is C14H15ClFN3. The largest absolute Gasteiger partial charge is 0.363 e. The minimum absolute atomic E-state index is 0.197. The van der Waals surface area contributed by atoms with Gasteiger partial charge in [0, 0.05) is 18.1 Å². The molecule has 3 nitrogen and oxygen atoms in total. The lowest BCUT2D eigenvalue weighted by Crippen LogP contribution is -2.10. The molecule has 0 fully saturated rings. The first-order chi connectivity index (χ1) is 9.10. The number of halogens is 2. The summed E-state index contributed by atoms with van der Waals surface area (Å²) in [6.45, 7) is 3.83. The Morgan fingerprint density at radius 3 is 2.74 bits per heavy atom. The third-order valence-electron chi connectivity index (χ3n) is 2.79. The minimum Gasteiger partial charge on any atom is -0.363 e. The Morgan fingerprint density at radius 2 is 2.05 bits per heavy atom. The Bertz CT molecular complexity index is 574. The van der Waals surface area contributed by atoms with E-state index in [9.17, 15) is 4.39 Å². The molecule has 1 aromatic carbocycles. The summed E-state index contributed by atoms with van der Waals surface area (Å²) in [5.74, 6) is 1.03. The highest BCUT2D eigenvalue weighted by Gasteiger charge is 2.11. The topological polar surface area (TPSA) is 37.8 Å². The molecule has 0 aliphatic heterocycles. The maximum Gasteiger partial charge on any atom is 0.134 e. The quantitative estimate of drug-likeness (QED) is 0.860. The van der Waals surface area contributed by atoms with Crippen molar-refractivity contribution in [1.29, 1.82) is 0 Å². The molecule has 0 aliphatic rings. The fourth-order valence-electron chi connectivity index (χ4n) is 1.82. The molecular weight excluding hydrogens is 265 g/mol. The van der Waals surface area contributed by atoms with Gasteiger partial charge in [0.05, 0.1) is 6.04 Å². The van der Waals surface area contributed by atoms with Crippen LogP contribution in [0.5, 0.6) is 0 Å². The highest BCUT2D eigenvalue weighted by Crippen LogP contribution is 2.21. The first-order valence-electron chi connectivity index (χ1n) is 6.14. The molecule has 1 N–H and O–H groups in total. The monoisotopic (exact) mass is 279 g/mol. The van der Waals surface area contributed by atoms with Gasteiger partial charge in [-0.05, 0) is 13.0 Å². The number of nitrogens with one attached hydrogen (secondary N) is 1. The van der Waals surface area contributed by atoms with Gasteiger partial charge in [0.25, 0.3) is 0 Å². The first-order valence-corrected chi connectivity index (χ1v) is 6.52. The van der Waals surface area contributed by atoms with Gasteiger partial charge in [0.15, 0.2) is 0 Å². The van der Waals surface area contributed by atoms with Gasteiger partial charge in [-0.1, -0.05) is 36.7 Å². The average Bonchev–Trinajstić information content (AvgIpc) is 2.38. The van der Waals surface area contributed by atoms with E-state index in [1.165, 1.54) is 6.07 Å². The predicted octanol–water partition coefficient (Wildman–Crippen LogP) is 4.00. The van der Waals surface area contributed by atoms with Crippen LogP contribution < -0.4 is 5.32 Å². The molecule has 2 aromatic rings.